The number of pyridine rings is 1. The van der Waals surface area contributed by atoms with E-state index in [9.17, 15) is 4.79 Å². The largest absolute Gasteiger partial charge is 0.489 e. The highest BCUT2D eigenvalue weighted by Gasteiger charge is 2.32. The summed E-state index contributed by atoms with van der Waals surface area (Å²) in [5, 5.41) is 1.02. The molecule has 1 aliphatic heterocycles. The van der Waals surface area contributed by atoms with Gasteiger partial charge in [0.05, 0.1) is 11.7 Å². The Morgan fingerprint density at radius 3 is 2.53 bits per heavy atom. The minimum atomic E-state index is 0.00670. The van der Waals surface area contributed by atoms with Gasteiger partial charge in [0.2, 0.25) is 0 Å². The van der Waals surface area contributed by atoms with Gasteiger partial charge < -0.3 is 19.1 Å². The molecule has 0 radical (unpaired) electrons. The molecule has 0 unspecified atom stereocenters. The molecule has 3 aromatic rings. The molecule has 0 spiro atoms. The number of nitrogens with zero attached hydrogens (tertiary/aromatic N) is 4. The number of hydrogen-bond acceptors (Lipinski definition) is 4. The third-order valence-corrected chi connectivity index (χ3v) is 6.15. The van der Waals surface area contributed by atoms with E-state index in [2.05, 4.69) is 9.88 Å². The maximum atomic E-state index is 12.2. The van der Waals surface area contributed by atoms with Crippen LogP contribution in [0.2, 0.25) is 0 Å². The molecule has 30 heavy (non-hydrogen) atoms. The second kappa shape index (κ2) is 7.76. The summed E-state index contributed by atoms with van der Waals surface area (Å²) in [6, 6.07) is 12.6. The van der Waals surface area contributed by atoms with Crippen LogP contribution >= 0.6 is 0 Å². The lowest BCUT2D eigenvalue weighted by molar-refractivity contribution is 0.0827. The van der Waals surface area contributed by atoms with Gasteiger partial charge in [-0.05, 0) is 62.1 Å². The molecule has 5 rings (SSSR count). The van der Waals surface area contributed by atoms with E-state index in [1.165, 1.54) is 12.8 Å². The average molecular weight is 405 g/mol. The Morgan fingerprint density at radius 2 is 1.87 bits per heavy atom. The van der Waals surface area contributed by atoms with Gasteiger partial charge in [0.1, 0.15) is 17.7 Å². The molecule has 6 heteroatoms. The Labute approximate surface area is 177 Å². The van der Waals surface area contributed by atoms with E-state index in [4.69, 9.17) is 4.74 Å². The number of fused-ring (bicyclic) bond motifs is 1. The number of amides is 1. The van der Waals surface area contributed by atoms with Crippen molar-refractivity contribution >= 4 is 16.8 Å². The molecule has 1 aliphatic carbocycles. The lowest BCUT2D eigenvalue weighted by atomic mass is 10.1. The van der Waals surface area contributed by atoms with E-state index in [-0.39, 0.29) is 12.0 Å². The van der Waals surface area contributed by atoms with Gasteiger partial charge in [-0.15, -0.1) is 0 Å². The Balaban J connectivity index is 1.28. The summed E-state index contributed by atoms with van der Waals surface area (Å²) < 4.78 is 8.23. The van der Waals surface area contributed by atoms with Crippen molar-refractivity contribution in [3.63, 3.8) is 0 Å². The highest BCUT2D eigenvalue weighted by molar-refractivity contribution is 5.98. The summed E-state index contributed by atoms with van der Waals surface area (Å²) in [6.45, 7) is 2.29. The van der Waals surface area contributed by atoms with Gasteiger partial charge in [-0.3, -0.25) is 4.79 Å². The molecular formula is C24H28N4O2. The zero-order chi connectivity index (χ0) is 20.7. The monoisotopic (exact) mass is 404 g/mol. The molecule has 3 heterocycles. The molecule has 2 aromatic heterocycles. The fraction of sp³-hybridized carbons (Fsp3) is 0.417. The normalized spacial score (nSPS) is 17.9. The Kier molecular flexibility index (Phi) is 4.95. The molecule has 156 valence electrons. The summed E-state index contributed by atoms with van der Waals surface area (Å²) in [5.74, 6) is 1.68. The Bertz CT molecular complexity index is 1040. The number of rotatable bonds is 5. The molecule has 1 saturated heterocycles. The van der Waals surface area contributed by atoms with Crippen molar-refractivity contribution in [2.24, 2.45) is 0 Å². The zero-order valence-electron chi connectivity index (χ0n) is 17.6. The molecule has 1 saturated carbocycles. The van der Waals surface area contributed by atoms with E-state index in [0.717, 1.165) is 54.4 Å². The molecule has 1 aromatic carbocycles. The summed E-state index contributed by atoms with van der Waals surface area (Å²) in [5.41, 5.74) is 1.72. The smallest absolute Gasteiger partial charge is 0.253 e. The summed E-state index contributed by atoms with van der Waals surface area (Å²) >= 11 is 0. The highest BCUT2D eigenvalue weighted by atomic mass is 16.5. The molecule has 0 N–H and O–H groups in total. The maximum Gasteiger partial charge on any atom is 0.253 e. The van der Waals surface area contributed by atoms with Gasteiger partial charge in [0.25, 0.3) is 5.91 Å². The Hall–Kier alpha value is -2.86. The van der Waals surface area contributed by atoms with Crippen molar-refractivity contribution in [2.75, 3.05) is 27.2 Å². The molecule has 6 nitrogen and oxygen atoms in total. The van der Waals surface area contributed by atoms with Gasteiger partial charge >= 0.3 is 0 Å². The quantitative estimate of drug-likeness (QED) is 0.650. The summed E-state index contributed by atoms with van der Waals surface area (Å²) in [7, 11) is 3.53. The van der Waals surface area contributed by atoms with E-state index < -0.39 is 0 Å². The Morgan fingerprint density at radius 1 is 1.07 bits per heavy atom. The fourth-order valence-electron chi connectivity index (χ4n) is 4.31. The predicted molar refractivity (Wildman–Crippen MR) is 117 cm³/mol. The van der Waals surface area contributed by atoms with E-state index in [1.54, 1.807) is 19.0 Å². The first-order valence-corrected chi connectivity index (χ1v) is 10.8. The number of hydrogen-bond donors (Lipinski definition) is 0. The second-order valence-electron chi connectivity index (χ2n) is 8.60. The minimum absolute atomic E-state index is 0.00670. The van der Waals surface area contributed by atoms with Crippen molar-refractivity contribution in [2.45, 2.75) is 37.8 Å². The number of aromatic nitrogens is 2. The fourth-order valence-corrected chi connectivity index (χ4v) is 4.31. The van der Waals surface area contributed by atoms with Gasteiger partial charge in [-0.25, -0.2) is 4.98 Å². The number of ether oxygens (including phenoxy) is 1. The molecule has 0 bridgehead atoms. The van der Waals surface area contributed by atoms with Crippen molar-refractivity contribution in [3.05, 3.63) is 54.4 Å². The van der Waals surface area contributed by atoms with Crippen LogP contribution in [-0.4, -0.2) is 64.6 Å². The topological polar surface area (TPSA) is 50.6 Å². The average Bonchev–Trinajstić information content (AvgIpc) is 3.53. The lowest BCUT2D eigenvalue weighted by Gasteiger charge is -2.32. The first kappa shape index (κ1) is 19.1. The highest BCUT2D eigenvalue weighted by Crippen LogP contribution is 2.30. The van der Waals surface area contributed by atoms with Crippen molar-refractivity contribution in [1.29, 1.82) is 0 Å². The third kappa shape index (κ3) is 3.79. The molecular weight excluding hydrogens is 376 g/mol. The van der Waals surface area contributed by atoms with E-state index in [0.29, 0.717) is 5.56 Å². The van der Waals surface area contributed by atoms with Crippen molar-refractivity contribution < 1.29 is 9.53 Å². The van der Waals surface area contributed by atoms with Crippen LogP contribution in [0.15, 0.2) is 48.8 Å². The third-order valence-electron chi connectivity index (χ3n) is 6.15. The molecule has 0 atom stereocenters. The van der Waals surface area contributed by atoms with Crippen LogP contribution in [0.4, 0.5) is 0 Å². The van der Waals surface area contributed by atoms with Crippen molar-refractivity contribution in [1.82, 2.24) is 19.4 Å². The van der Waals surface area contributed by atoms with Gasteiger partial charge in [-0.1, -0.05) is 0 Å². The predicted octanol–water partition coefficient (Wildman–Crippen LogP) is 3.73. The number of benzene rings is 1. The zero-order valence-corrected chi connectivity index (χ0v) is 17.6. The first-order chi connectivity index (χ1) is 14.6. The number of likely N-dealkylation sites (tertiary alicyclic amines) is 1. The summed E-state index contributed by atoms with van der Waals surface area (Å²) in [6.07, 6.45) is 9.02. The van der Waals surface area contributed by atoms with Crippen LogP contribution in [0.5, 0.6) is 5.75 Å². The standard InChI is InChI=1S/C24H28N4O2/c1-26(2)24(29)18-3-7-22-17(15-18)9-14-28(22)23-8-6-21(16-25-23)30-20-10-12-27(13-11-20)19-4-5-19/h3,6-9,14-16,19-20H,4-5,10-13H2,1-2H3. The molecule has 2 fully saturated rings. The van der Waals surface area contributed by atoms with Crippen LogP contribution in [-0.2, 0) is 0 Å². The van der Waals surface area contributed by atoms with E-state index >= 15 is 0 Å². The van der Waals surface area contributed by atoms with Crippen molar-refractivity contribution in [3.8, 4) is 11.6 Å². The number of carbonyl (C=O) groups excluding carboxylic acids is 1. The first-order valence-electron chi connectivity index (χ1n) is 10.8. The lowest BCUT2D eigenvalue weighted by Crippen LogP contribution is -2.39. The van der Waals surface area contributed by atoms with Gasteiger partial charge in [0, 0.05) is 50.4 Å². The van der Waals surface area contributed by atoms with Crippen LogP contribution < -0.4 is 4.74 Å². The van der Waals surface area contributed by atoms with E-state index in [1.807, 2.05) is 53.4 Å². The maximum absolute atomic E-state index is 12.2. The van der Waals surface area contributed by atoms with Crippen LogP contribution in [0.1, 0.15) is 36.0 Å². The molecule has 2 aliphatic rings. The molecule has 1 amide bonds. The SMILES string of the molecule is CN(C)C(=O)c1ccc2c(ccn2-c2ccc(OC3CCN(C4CC4)CC3)cn2)c1. The minimum Gasteiger partial charge on any atom is -0.489 e. The van der Waals surface area contributed by atoms with Gasteiger partial charge in [0.15, 0.2) is 0 Å². The van der Waals surface area contributed by atoms with Crippen LogP contribution in [0.25, 0.3) is 16.7 Å². The number of piperidine rings is 1. The van der Waals surface area contributed by atoms with Crippen LogP contribution in [0.3, 0.4) is 0 Å². The van der Waals surface area contributed by atoms with Crippen LogP contribution in [0, 0.1) is 0 Å². The number of carbonyl (C=O) groups is 1. The summed E-state index contributed by atoms with van der Waals surface area (Å²) in [4.78, 5) is 21.0. The second-order valence-corrected chi connectivity index (χ2v) is 8.60. The van der Waals surface area contributed by atoms with Gasteiger partial charge in [-0.2, -0.15) is 0 Å².